The fraction of sp³-hybridized carbons (Fsp3) is 0.500. The standard InChI is InChI=1S/C14H19NO3/c1-4-18-14(16)15-9-10(2)7-11-5-6-12(17-3)8-13(11)15/h5-6,8,10H,4,7,9H2,1-3H3. The van der Waals surface area contributed by atoms with Crippen molar-refractivity contribution in [1.82, 2.24) is 0 Å². The molecule has 1 amide bonds. The van der Waals surface area contributed by atoms with Gasteiger partial charge in [0.2, 0.25) is 0 Å². The minimum atomic E-state index is -0.279. The molecule has 1 aromatic rings. The topological polar surface area (TPSA) is 38.8 Å². The van der Waals surface area contributed by atoms with Crippen LogP contribution in [0.2, 0.25) is 0 Å². The lowest BCUT2D eigenvalue weighted by Gasteiger charge is -2.32. The van der Waals surface area contributed by atoms with Crippen LogP contribution in [0.3, 0.4) is 0 Å². The second kappa shape index (κ2) is 5.29. The summed E-state index contributed by atoms with van der Waals surface area (Å²) in [6.07, 6.45) is 0.702. The molecule has 0 saturated heterocycles. The van der Waals surface area contributed by atoms with E-state index in [-0.39, 0.29) is 6.09 Å². The molecule has 0 aromatic heterocycles. The lowest BCUT2D eigenvalue weighted by molar-refractivity contribution is 0.158. The number of benzene rings is 1. The van der Waals surface area contributed by atoms with Crippen LogP contribution in [-0.2, 0) is 11.2 Å². The SMILES string of the molecule is CCOC(=O)N1CC(C)Cc2ccc(OC)cc21. The number of anilines is 1. The molecule has 0 radical (unpaired) electrons. The van der Waals surface area contributed by atoms with Crippen molar-refractivity contribution in [3.8, 4) is 5.75 Å². The van der Waals surface area contributed by atoms with Crippen LogP contribution < -0.4 is 9.64 Å². The first-order chi connectivity index (χ1) is 8.65. The van der Waals surface area contributed by atoms with Gasteiger partial charge < -0.3 is 9.47 Å². The van der Waals surface area contributed by atoms with E-state index in [9.17, 15) is 4.79 Å². The van der Waals surface area contributed by atoms with Crippen LogP contribution in [0.25, 0.3) is 0 Å². The maximum Gasteiger partial charge on any atom is 0.414 e. The summed E-state index contributed by atoms with van der Waals surface area (Å²) < 4.78 is 10.3. The molecule has 1 aliphatic heterocycles. The van der Waals surface area contributed by atoms with Crippen molar-refractivity contribution in [2.75, 3.05) is 25.2 Å². The Balaban J connectivity index is 2.36. The van der Waals surface area contributed by atoms with Gasteiger partial charge in [-0.25, -0.2) is 4.79 Å². The van der Waals surface area contributed by atoms with Gasteiger partial charge in [-0.3, -0.25) is 4.90 Å². The third-order valence-corrected chi connectivity index (χ3v) is 3.13. The minimum Gasteiger partial charge on any atom is -0.497 e. The van der Waals surface area contributed by atoms with E-state index < -0.39 is 0 Å². The number of rotatable bonds is 2. The van der Waals surface area contributed by atoms with E-state index in [0.717, 1.165) is 17.9 Å². The molecule has 0 spiro atoms. The number of ether oxygens (including phenoxy) is 2. The van der Waals surface area contributed by atoms with Crippen molar-refractivity contribution in [1.29, 1.82) is 0 Å². The van der Waals surface area contributed by atoms with Gasteiger partial charge in [0.25, 0.3) is 0 Å². The average molecular weight is 249 g/mol. The summed E-state index contributed by atoms with van der Waals surface area (Å²) in [6, 6.07) is 5.86. The fourth-order valence-electron chi connectivity index (χ4n) is 2.32. The number of hydrogen-bond acceptors (Lipinski definition) is 3. The molecule has 0 fully saturated rings. The number of nitrogens with zero attached hydrogens (tertiary/aromatic N) is 1. The first-order valence-electron chi connectivity index (χ1n) is 6.27. The van der Waals surface area contributed by atoms with E-state index >= 15 is 0 Å². The van der Waals surface area contributed by atoms with Crippen molar-refractivity contribution < 1.29 is 14.3 Å². The average Bonchev–Trinajstić information content (AvgIpc) is 2.37. The van der Waals surface area contributed by atoms with Gasteiger partial charge in [-0.05, 0) is 30.9 Å². The number of carbonyl (C=O) groups is 1. The predicted octanol–water partition coefficient (Wildman–Crippen LogP) is 2.85. The minimum absolute atomic E-state index is 0.279. The third-order valence-electron chi connectivity index (χ3n) is 3.13. The largest absolute Gasteiger partial charge is 0.497 e. The van der Waals surface area contributed by atoms with E-state index in [4.69, 9.17) is 9.47 Å². The molecule has 1 heterocycles. The summed E-state index contributed by atoms with van der Waals surface area (Å²) in [7, 11) is 1.63. The molecule has 98 valence electrons. The number of fused-ring (bicyclic) bond motifs is 1. The summed E-state index contributed by atoms with van der Waals surface area (Å²) in [6.45, 7) is 5.04. The Hall–Kier alpha value is -1.71. The summed E-state index contributed by atoms with van der Waals surface area (Å²) in [5, 5.41) is 0. The van der Waals surface area contributed by atoms with Crippen molar-refractivity contribution in [3.63, 3.8) is 0 Å². The monoisotopic (exact) mass is 249 g/mol. The predicted molar refractivity (Wildman–Crippen MR) is 70.2 cm³/mol. The molecular weight excluding hydrogens is 230 g/mol. The fourth-order valence-corrected chi connectivity index (χ4v) is 2.32. The van der Waals surface area contributed by atoms with Crippen molar-refractivity contribution in [2.45, 2.75) is 20.3 Å². The Bertz CT molecular complexity index is 445. The van der Waals surface area contributed by atoms with Crippen LogP contribution in [0.15, 0.2) is 18.2 Å². The molecule has 0 N–H and O–H groups in total. The number of carbonyl (C=O) groups excluding carboxylic acids is 1. The molecule has 0 saturated carbocycles. The number of amides is 1. The zero-order valence-electron chi connectivity index (χ0n) is 11.1. The molecule has 18 heavy (non-hydrogen) atoms. The first kappa shape index (κ1) is 12.7. The highest BCUT2D eigenvalue weighted by atomic mass is 16.6. The van der Waals surface area contributed by atoms with E-state index in [1.165, 1.54) is 5.56 Å². The Morgan fingerprint density at radius 1 is 1.50 bits per heavy atom. The molecule has 1 atom stereocenters. The van der Waals surface area contributed by atoms with E-state index in [1.54, 1.807) is 12.0 Å². The summed E-state index contributed by atoms with van der Waals surface area (Å²) in [5.41, 5.74) is 2.08. The molecule has 4 heteroatoms. The highest BCUT2D eigenvalue weighted by molar-refractivity contribution is 5.89. The molecule has 0 aliphatic carbocycles. The summed E-state index contributed by atoms with van der Waals surface area (Å²) in [4.78, 5) is 13.7. The van der Waals surface area contributed by atoms with Gasteiger partial charge in [0.1, 0.15) is 5.75 Å². The van der Waals surface area contributed by atoms with Crippen molar-refractivity contribution in [3.05, 3.63) is 23.8 Å². The maximum atomic E-state index is 12.0. The van der Waals surface area contributed by atoms with Gasteiger partial charge in [0.05, 0.1) is 19.4 Å². The van der Waals surface area contributed by atoms with E-state index in [2.05, 4.69) is 6.92 Å². The number of methoxy groups -OCH3 is 1. The quantitative estimate of drug-likeness (QED) is 0.809. The molecule has 0 bridgehead atoms. The Morgan fingerprint density at radius 3 is 2.94 bits per heavy atom. The lowest BCUT2D eigenvalue weighted by Crippen LogP contribution is -2.39. The maximum absolute atomic E-state index is 12.0. The Kier molecular flexibility index (Phi) is 3.75. The van der Waals surface area contributed by atoms with Gasteiger partial charge in [-0.15, -0.1) is 0 Å². The van der Waals surface area contributed by atoms with Gasteiger partial charge in [-0.1, -0.05) is 13.0 Å². The van der Waals surface area contributed by atoms with Gasteiger partial charge >= 0.3 is 6.09 Å². The molecule has 1 unspecified atom stereocenters. The van der Waals surface area contributed by atoms with Crippen LogP contribution in [0.1, 0.15) is 19.4 Å². The summed E-state index contributed by atoms with van der Waals surface area (Å²) >= 11 is 0. The molecule has 1 aliphatic rings. The van der Waals surface area contributed by atoms with Gasteiger partial charge in [-0.2, -0.15) is 0 Å². The summed E-state index contributed by atoms with van der Waals surface area (Å²) in [5.74, 6) is 1.20. The zero-order valence-corrected chi connectivity index (χ0v) is 11.1. The van der Waals surface area contributed by atoms with Gasteiger partial charge in [0.15, 0.2) is 0 Å². The molecule has 2 rings (SSSR count). The van der Waals surface area contributed by atoms with Crippen molar-refractivity contribution >= 4 is 11.8 Å². The van der Waals surface area contributed by atoms with E-state index in [0.29, 0.717) is 19.1 Å². The molecule has 4 nitrogen and oxygen atoms in total. The highest BCUT2D eigenvalue weighted by Crippen LogP contribution is 2.33. The van der Waals surface area contributed by atoms with E-state index in [1.807, 2.05) is 25.1 Å². The first-order valence-corrected chi connectivity index (χ1v) is 6.27. The van der Waals surface area contributed by atoms with Crippen LogP contribution in [0.5, 0.6) is 5.75 Å². The van der Waals surface area contributed by atoms with Crippen LogP contribution >= 0.6 is 0 Å². The smallest absolute Gasteiger partial charge is 0.414 e. The Morgan fingerprint density at radius 2 is 2.28 bits per heavy atom. The number of hydrogen-bond donors (Lipinski definition) is 0. The van der Waals surface area contributed by atoms with Crippen LogP contribution in [0.4, 0.5) is 10.5 Å². The van der Waals surface area contributed by atoms with Crippen LogP contribution in [-0.4, -0.2) is 26.4 Å². The second-order valence-corrected chi connectivity index (χ2v) is 4.61. The Labute approximate surface area is 107 Å². The van der Waals surface area contributed by atoms with Gasteiger partial charge in [0, 0.05) is 12.6 Å². The zero-order chi connectivity index (χ0) is 13.1. The highest BCUT2D eigenvalue weighted by Gasteiger charge is 2.27. The van der Waals surface area contributed by atoms with Crippen molar-refractivity contribution in [2.24, 2.45) is 5.92 Å². The third kappa shape index (κ3) is 2.42. The second-order valence-electron chi connectivity index (χ2n) is 4.61. The molecular formula is C14H19NO3. The normalized spacial score (nSPS) is 18.2. The van der Waals surface area contributed by atoms with Crippen LogP contribution in [0, 0.1) is 5.92 Å². The molecule has 1 aromatic carbocycles. The lowest BCUT2D eigenvalue weighted by atomic mass is 9.94.